The summed E-state index contributed by atoms with van der Waals surface area (Å²) in [5.41, 5.74) is 6.91. The van der Waals surface area contributed by atoms with Crippen molar-refractivity contribution in [3.63, 3.8) is 0 Å². The Bertz CT molecular complexity index is 547. The van der Waals surface area contributed by atoms with E-state index in [4.69, 9.17) is 5.73 Å². The molecule has 0 bridgehead atoms. The Balaban J connectivity index is 2.55. The van der Waals surface area contributed by atoms with Gasteiger partial charge in [0.2, 0.25) is 0 Å². The number of benzene rings is 1. The second-order valence-corrected chi connectivity index (χ2v) is 4.94. The van der Waals surface area contributed by atoms with E-state index in [1.807, 2.05) is 6.20 Å². The molecule has 1 aromatic heterocycles. The number of anilines is 1. The van der Waals surface area contributed by atoms with E-state index >= 15 is 0 Å². The molecule has 3 nitrogen and oxygen atoms in total. The van der Waals surface area contributed by atoms with Crippen molar-refractivity contribution in [3.8, 4) is 0 Å². The third-order valence-electron chi connectivity index (χ3n) is 3.90. The molecule has 1 heterocycles. The highest BCUT2D eigenvalue weighted by atomic mass is 15.2. The van der Waals surface area contributed by atoms with Gasteiger partial charge in [-0.2, -0.15) is 0 Å². The van der Waals surface area contributed by atoms with E-state index in [0.29, 0.717) is 12.6 Å². The first-order valence-corrected chi connectivity index (χ1v) is 7.02. The topological polar surface area (TPSA) is 42.2 Å². The zero-order valence-corrected chi connectivity index (χ0v) is 12.1. The Morgan fingerprint density at radius 2 is 1.79 bits per heavy atom. The summed E-state index contributed by atoms with van der Waals surface area (Å²) in [4.78, 5) is 6.93. The second-order valence-electron chi connectivity index (χ2n) is 4.94. The number of aromatic nitrogens is 1. The average Bonchev–Trinajstić information content (AvgIpc) is 2.47. The van der Waals surface area contributed by atoms with Crippen LogP contribution in [0.2, 0.25) is 0 Å². The molecule has 0 aliphatic heterocycles. The van der Waals surface area contributed by atoms with Crippen molar-refractivity contribution in [2.24, 2.45) is 5.73 Å². The van der Waals surface area contributed by atoms with Crippen LogP contribution in [0, 0.1) is 0 Å². The number of rotatable bonds is 5. The lowest BCUT2D eigenvalue weighted by Gasteiger charge is -2.28. The van der Waals surface area contributed by atoms with Gasteiger partial charge in [-0.1, -0.05) is 38.1 Å². The minimum Gasteiger partial charge on any atom is -0.356 e. The molecule has 3 heteroatoms. The fourth-order valence-corrected chi connectivity index (χ4v) is 2.69. The van der Waals surface area contributed by atoms with Crippen molar-refractivity contribution in [3.05, 3.63) is 36.0 Å². The van der Waals surface area contributed by atoms with E-state index in [1.165, 1.54) is 10.8 Å². The number of nitrogens with two attached hydrogens (primary N) is 1. The van der Waals surface area contributed by atoms with Crippen LogP contribution < -0.4 is 10.6 Å². The molecule has 0 radical (unpaired) electrons. The van der Waals surface area contributed by atoms with Gasteiger partial charge in [-0.3, -0.25) is 0 Å². The van der Waals surface area contributed by atoms with Crippen LogP contribution in [0.15, 0.2) is 30.5 Å². The molecule has 0 atom stereocenters. The zero-order chi connectivity index (χ0) is 13.8. The van der Waals surface area contributed by atoms with Gasteiger partial charge in [-0.05, 0) is 23.8 Å². The van der Waals surface area contributed by atoms with E-state index in [1.54, 1.807) is 0 Å². The summed E-state index contributed by atoms with van der Waals surface area (Å²) in [6, 6.07) is 8.91. The van der Waals surface area contributed by atoms with Crippen LogP contribution in [0.3, 0.4) is 0 Å². The van der Waals surface area contributed by atoms with Crippen molar-refractivity contribution >= 4 is 16.6 Å². The highest BCUT2D eigenvalue weighted by Gasteiger charge is 2.15. The van der Waals surface area contributed by atoms with Crippen LogP contribution in [0.25, 0.3) is 10.8 Å². The van der Waals surface area contributed by atoms with E-state index in [-0.39, 0.29) is 0 Å². The van der Waals surface area contributed by atoms with Gasteiger partial charge in [0.25, 0.3) is 0 Å². The number of hydrogen-bond donors (Lipinski definition) is 1. The van der Waals surface area contributed by atoms with Gasteiger partial charge in [-0.15, -0.1) is 0 Å². The quantitative estimate of drug-likeness (QED) is 0.893. The normalized spacial score (nSPS) is 11.2. The molecule has 0 saturated carbocycles. The van der Waals surface area contributed by atoms with Crippen LogP contribution in [0.4, 0.5) is 5.82 Å². The van der Waals surface area contributed by atoms with Crippen LogP contribution in [-0.2, 0) is 6.54 Å². The fraction of sp³-hybridized carbons (Fsp3) is 0.438. The van der Waals surface area contributed by atoms with Crippen LogP contribution in [-0.4, -0.2) is 18.1 Å². The summed E-state index contributed by atoms with van der Waals surface area (Å²) in [5, 5.41) is 2.41. The highest BCUT2D eigenvalue weighted by Crippen LogP contribution is 2.28. The molecule has 0 amide bonds. The third kappa shape index (κ3) is 2.56. The highest BCUT2D eigenvalue weighted by molar-refractivity contribution is 5.94. The van der Waals surface area contributed by atoms with Gasteiger partial charge in [0.15, 0.2) is 0 Å². The monoisotopic (exact) mass is 257 g/mol. The number of hydrogen-bond acceptors (Lipinski definition) is 3. The SMILES string of the molecule is CCC(CC)N(C)c1ncc(CN)c2ccccc12. The lowest BCUT2D eigenvalue weighted by Crippen LogP contribution is -2.31. The van der Waals surface area contributed by atoms with Gasteiger partial charge >= 0.3 is 0 Å². The molecule has 2 N–H and O–H groups in total. The smallest absolute Gasteiger partial charge is 0.136 e. The lowest BCUT2D eigenvalue weighted by atomic mass is 10.1. The van der Waals surface area contributed by atoms with E-state index in [2.05, 4.69) is 55.0 Å². The molecule has 19 heavy (non-hydrogen) atoms. The zero-order valence-electron chi connectivity index (χ0n) is 12.1. The predicted molar refractivity (Wildman–Crippen MR) is 82.4 cm³/mol. The van der Waals surface area contributed by atoms with E-state index in [9.17, 15) is 0 Å². The molecular formula is C16H23N3. The molecule has 1 aromatic carbocycles. The summed E-state index contributed by atoms with van der Waals surface area (Å²) in [6.07, 6.45) is 4.17. The Morgan fingerprint density at radius 3 is 2.37 bits per heavy atom. The Morgan fingerprint density at radius 1 is 1.16 bits per heavy atom. The maximum atomic E-state index is 5.80. The summed E-state index contributed by atoms with van der Waals surface area (Å²) >= 11 is 0. The van der Waals surface area contributed by atoms with Gasteiger partial charge in [-0.25, -0.2) is 4.98 Å². The second kappa shape index (κ2) is 6.02. The molecule has 0 aliphatic carbocycles. The number of fused-ring (bicyclic) bond motifs is 1. The number of nitrogens with zero attached hydrogens (tertiary/aromatic N) is 2. The molecule has 0 fully saturated rings. The summed E-state index contributed by atoms with van der Waals surface area (Å²) in [5.74, 6) is 1.06. The first kappa shape index (κ1) is 13.8. The summed E-state index contributed by atoms with van der Waals surface area (Å²) in [6.45, 7) is 4.98. The number of pyridine rings is 1. The standard InChI is InChI=1S/C16H23N3/c1-4-13(5-2)19(3)16-15-9-7-6-8-14(15)12(10-17)11-18-16/h6-9,11,13H,4-5,10,17H2,1-3H3. The fourth-order valence-electron chi connectivity index (χ4n) is 2.69. The summed E-state index contributed by atoms with van der Waals surface area (Å²) in [7, 11) is 2.13. The first-order chi connectivity index (χ1) is 9.22. The maximum Gasteiger partial charge on any atom is 0.136 e. The third-order valence-corrected chi connectivity index (χ3v) is 3.90. The van der Waals surface area contributed by atoms with Gasteiger partial charge in [0.05, 0.1) is 0 Å². The molecule has 0 spiro atoms. The Labute approximate surface area is 115 Å². The van der Waals surface area contributed by atoms with Crippen molar-refractivity contribution in [1.29, 1.82) is 0 Å². The molecule has 0 saturated heterocycles. The lowest BCUT2D eigenvalue weighted by molar-refractivity contribution is 0.588. The van der Waals surface area contributed by atoms with Crippen LogP contribution in [0.5, 0.6) is 0 Å². The Kier molecular flexibility index (Phi) is 4.38. The Hall–Kier alpha value is -1.61. The van der Waals surface area contributed by atoms with Gasteiger partial charge in [0.1, 0.15) is 5.82 Å². The molecule has 0 aliphatic rings. The van der Waals surface area contributed by atoms with Crippen molar-refractivity contribution in [2.45, 2.75) is 39.3 Å². The van der Waals surface area contributed by atoms with Crippen molar-refractivity contribution < 1.29 is 0 Å². The molecule has 2 aromatic rings. The van der Waals surface area contributed by atoms with Gasteiger partial charge < -0.3 is 10.6 Å². The minimum absolute atomic E-state index is 0.527. The summed E-state index contributed by atoms with van der Waals surface area (Å²) < 4.78 is 0. The minimum atomic E-state index is 0.527. The van der Waals surface area contributed by atoms with Crippen molar-refractivity contribution in [2.75, 3.05) is 11.9 Å². The predicted octanol–water partition coefficient (Wildman–Crippen LogP) is 3.32. The average molecular weight is 257 g/mol. The van der Waals surface area contributed by atoms with Crippen molar-refractivity contribution in [1.82, 2.24) is 4.98 Å². The van der Waals surface area contributed by atoms with Gasteiger partial charge in [0, 0.05) is 31.2 Å². The van der Waals surface area contributed by atoms with Crippen LogP contribution in [0.1, 0.15) is 32.3 Å². The molecule has 0 unspecified atom stereocenters. The molecule has 102 valence electrons. The molecule has 2 rings (SSSR count). The molecular weight excluding hydrogens is 234 g/mol. The van der Waals surface area contributed by atoms with E-state index in [0.717, 1.165) is 24.2 Å². The largest absolute Gasteiger partial charge is 0.356 e. The first-order valence-electron chi connectivity index (χ1n) is 7.02. The maximum absolute atomic E-state index is 5.80. The van der Waals surface area contributed by atoms with E-state index < -0.39 is 0 Å². The van der Waals surface area contributed by atoms with Crippen LogP contribution >= 0.6 is 0 Å².